The van der Waals surface area contributed by atoms with E-state index in [1.165, 1.54) is 42.2 Å². The molecule has 0 spiro atoms. The number of halogens is 1. The lowest BCUT2D eigenvalue weighted by molar-refractivity contribution is 0.104. The van der Waals surface area contributed by atoms with Crippen LogP contribution in [0.5, 0.6) is 5.75 Å². The van der Waals surface area contributed by atoms with E-state index in [-0.39, 0.29) is 5.78 Å². The smallest absolute Gasteiger partial charge is 0.204 e. The molecule has 1 saturated heterocycles. The van der Waals surface area contributed by atoms with Crippen molar-refractivity contribution in [3.05, 3.63) is 71.0 Å². The van der Waals surface area contributed by atoms with Gasteiger partial charge < -0.3 is 15.4 Å². The minimum Gasteiger partial charge on any atom is -0.492 e. The molecule has 1 atom stereocenters. The fraction of sp³-hybridized carbons (Fsp3) is 0.238. The van der Waals surface area contributed by atoms with E-state index in [0.29, 0.717) is 28.2 Å². The first kappa shape index (κ1) is 18.6. The van der Waals surface area contributed by atoms with Crippen molar-refractivity contribution >= 4 is 27.9 Å². The highest BCUT2D eigenvalue weighted by molar-refractivity contribution is 7.17. The normalized spacial score (nSPS) is 16.1. The van der Waals surface area contributed by atoms with Crippen molar-refractivity contribution in [2.45, 2.75) is 18.9 Å². The zero-order valence-corrected chi connectivity index (χ0v) is 16.0. The van der Waals surface area contributed by atoms with Crippen LogP contribution in [0.15, 0.2) is 54.7 Å². The lowest BCUT2D eigenvalue weighted by Crippen LogP contribution is -2.28. The first-order valence-electron chi connectivity index (χ1n) is 9.17. The number of carbonyl (C=O) groups is 1. The molecular formula is C21H20FN3O2S. The standard InChI is InChI=1S/C21H20FN3O2S/c22-15-4-1-3-14(11-15)20(26)19-12-24-21(28-19)25-16-6-8-18(9-7-16)27-13-17-5-2-10-23-17/h1,3-4,6-9,11-12,17,23H,2,5,10,13H2,(H,24,25)/t17-/m0/s1. The molecule has 0 amide bonds. The molecule has 2 heterocycles. The molecule has 0 unspecified atom stereocenters. The summed E-state index contributed by atoms with van der Waals surface area (Å²) in [5.74, 6) is 0.148. The van der Waals surface area contributed by atoms with Crippen LogP contribution >= 0.6 is 11.3 Å². The molecule has 1 aliphatic rings. The Kier molecular flexibility index (Phi) is 5.64. The van der Waals surface area contributed by atoms with E-state index in [4.69, 9.17) is 4.74 Å². The fourth-order valence-electron chi connectivity index (χ4n) is 3.06. The maximum atomic E-state index is 13.3. The second kappa shape index (κ2) is 8.50. The van der Waals surface area contributed by atoms with Gasteiger partial charge in [0.15, 0.2) is 5.13 Å². The van der Waals surface area contributed by atoms with Crippen LogP contribution in [0.2, 0.25) is 0 Å². The van der Waals surface area contributed by atoms with Crippen LogP contribution in [-0.4, -0.2) is 30.0 Å². The van der Waals surface area contributed by atoms with E-state index >= 15 is 0 Å². The maximum Gasteiger partial charge on any atom is 0.204 e. The molecule has 3 aromatic rings. The Morgan fingerprint density at radius 2 is 2.14 bits per heavy atom. The Balaban J connectivity index is 1.36. The highest BCUT2D eigenvalue weighted by Crippen LogP contribution is 2.26. The predicted molar refractivity (Wildman–Crippen MR) is 108 cm³/mol. The van der Waals surface area contributed by atoms with Gasteiger partial charge in [-0.1, -0.05) is 23.5 Å². The number of aromatic nitrogens is 1. The van der Waals surface area contributed by atoms with Crippen molar-refractivity contribution in [2.75, 3.05) is 18.5 Å². The van der Waals surface area contributed by atoms with Crippen molar-refractivity contribution in [3.8, 4) is 5.75 Å². The zero-order chi connectivity index (χ0) is 19.3. The fourth-order valence-corrected chi connectivity index (χ4v) is 3.86. The molecular weight excluding hydrogens is 377 g/mol. The van der Waals surface area contributed by atoms with Gasteiger partial charge in [-0.15, -0.1) is 0 Å². The van der Waals surface area contributed by atoms with E-state index in [1.807, 2.05) is 24.3 Å². The highest BCUT2D eigenvalue weighted by atomic mass is 32.1. The van der Waals surface area contributed by atoms with Gasteiger partial charge in [0.05, 0.1) is 11.1 Å². The Morgan fingerprint density at radius 1 is 1.29 bits per heavy atom. The van der Waals surface area contributed by atoms with Gasteiger partial charge >= 0.3 is 0 Å². The molecule has 0 aliphatic carbocycles. The summed E-state index contributed by atoms with van der Waals surface area (Å²) in [5.41, 5.74) is 1.17. The second-order valence-corrected chi connectivity index (χ2v) is 7.65. The minimum absolute atomic E-state index is 0.241. The minimum atomic E-state index is -0.431. The number of rotatable bonds is 7. The zero-order valence-electron chi connectivity index (χ0n) is 15.2. The molecule has 0 bridgehead atoms. The average Bonchev–Trinajstić information content (AvgIpc) is 3.39. The van der Waals surface area contributed by atoms with Crippen LogP contribution in [0.3, 0.4) is 0 Å². The second-order valence-electron chi connectivity index (χ2n) is 6.62. The summed E-state index contributed by atoms with van der Waals surface area (Å²) in [6, 6.07) is 13.7. The third-order valence-electron chi connectivity index (χ3n) is 4.54. The van der Waals surface area contributed by atoms with Crippen LogP contribution in [-0.2, 0) is 0 Å². The van der Waals surface area contributed by atoms with Gasteiger partial charge in [-0.2, -0.15) is 0 Å². The quantitative estimate of drug-likeness (QED) is 0.579. The van der Waals surface area contributed by atoms with Crippen molar-refractivity contribution in [2.24, 2.45) is 0 Å². The number of hydrogen-bond acceptors (Lipinski definition) is 6. The third kappa shape index (κ3) is 4.55. The summed E-state index contributed by atoms with van der Waals surface area (Å²) < 4.78 is 19.1. The van der Waals surface area contributed by atoms with E-state index in [1.54, 1.807) is 6.07 Å². The van der Waals surface area contributed by atoms with Crippen molar-refractivity contribution in [1.29, 1.82) is 0 Å². The lowest BCUT2D eigenvalue weighted by Gasteiger charge is -2.12. The Hall–Kier alpha value is -2.77. The van der Waals surface area contributed by atoms with Crippen LogP contribution in [0.25, 0.3) is 0 Å². The van der Waals surface area contributed by atoms with Gasteiger partial charge in [0.2, 0.25) is 5.78 Å². The predicted octanol–water partition coefficient (Wildman–Crippen LogP) is 4.39. The number of ether oxygens (including phenoxy) is 1. The number of hydrogen-bond donors (Lipinski definition) is 2. The van der Waals surface area contributed by atoms with Crippen molar-refractivity contribution < 1.29 is 13.9 Å². The first-order chi connectivity index (χ1) is 13.7. The topological polar surface area (TPSA) is 63.2 Å². The molecule has 0 saturated carbocycles. The molecule has 28 heavy (non-hydrogen) atoms. The number of carbonyl (C=O) groups excluding carboxylic acids is 1. The molecule has 4 rings (SSSR count). The van der Waals surface area contributed by atoms with Crippen LogP contribution in [0.1, 0.15) is 28.1 Å². The van der Waals surface area contributed by atoms with E-state index in [2.05, 4.69) is 15.6 Å². The monoisotopic (exact) mass is 397 g/mol. The number of anilines is 2. The van der Waals surface area contributed by atoms with E-state index in [0.717, 1.165) is 24.4 Å². The Morgan fingerprint density at radius 3 is 2.89 bits per heavy atom. The number of benzene rings is 2. The summed E-state index contributed by atoms with van der Waals surface area (Å²) in [6.07, 6.45) is 3.86. The molecule has 144 valence electrons. The number of nitrogens with zero attached hydrogens (tertiary/aromatic N) is 1. The summed E-state index contributed by atoms with van der Waals surface area (Å²) >= 11 is 1.23. The van der Waals surface area contributed by atoms with Crippen LogP contribution in [0.4, 0.5) is 15.2 Å². The molecule has 7 heteroatoms. The number of ketones is 1. The van der Waals surface area contributed by atoms with E-state index < -0.39 is 5.82 Å². The molecule has 2 N–H and O–H groups in total. The third-order valence-corrected chi connectivity index (χ3v) is 5.45. The van der Waals surface area contributed by atoms with Crippen LogP contribution in [0, 0.1) is 5.82 Å². The SMILES string of the molecule is O=C(c1cccc(F)c1)c1cnc(Nc2ccc(OC[C@@H]3CCCN3)cc2)s1. The molecule has 5 nitrogen and oxygen atoms in total. The van der Waals surface area contributed by atoms with E-state index in [9.17, 15) is 9.18 Å². The molecule has 0 radical (unpaired) electrons. The lowest BCUT2D eigenvalue weighted by atomic mass is 10.1. The van der Waals surface area contributed by atoms with Gasteiger partial charge in [-0.3, -0.25) is 4.79 Å². The summed E-state index contributed by atoms with van der Waals surface area (Å²) in [4.78, 5) is 17.1. The van der Waals surface area contributed by atoms with Gasteiger partial charge in [0.1, 0.15) is 18.2 Å². The van der Waals surface area contributed by atoms with Gasteiger partial charge in [-0.25, -0.2) is 9.37 Å². The number of thiazole rings is 1. The van der Waals surface area contributed by atoms with Crippen LogP contribution < -0.4 is 15.4 Å². The molecule has 2 aromatic carbocycles. The number of nitrogens with one attached hydrogen (secondary N) is 2. The first-order valence-corrected chi connectivity index (χ1v) is 9.98. The van der Waals surface area contributed by atoms with Gasteiger partial charge in [-0.05, 0) is 55.8 Å². The highest BCUT2D eigenvalue weighted by Gasteiger charge is 2.15. The summed E-state index contributed by atoms with van der Waals surface area (Å²) in [6.45, 7) is 1.74. The van der Waals surface area contributed by atoms with Gasteiger partial charge in [0, 0.05) is 17.3 Å². The maximum absolute atomic E-state index is 13.3. The molecule has 1 aliphatic heterocycles. The largest absolute Gasteiger partial charge is 0.492 e. The Labute approximate surface area is 166 Å². The van der Waals surface area contributed by atoms with Crippen molar-refractivity contribution in [1.82, 2.24) is 10.3 Å². The summed E-state index contributed by atoms with van der Waals surface area (Å²) in [7, 11) is 0. The summed E-state index contributed by atoms with van der Waals surface area (Å²) in [5, 5.41) is 7.18. The molecule has 1 aromatic heterocycles. The Bertz CT molecular complexity index is 952. The van der Waals surface area contributed by atoms with Crippen molar-refractivity contribution in [3.63, 3.8) is 0 Å². The van der Waals surface area contributed by atoms with Gasteiger partial charge in [0.25, 0.3) is 0 Å². The molecule has 1 fully saturated rings. The average molecular weight is 397 g/mol.